The molecule has 0 saturated heterocycles. The molecular weight excluding hydrogens is 1310 g/mol. The standard InChI is InChI=1S/C81H158O17P2/c1-6-9-12-15-17-19-21-23-24-25-26-27-28-32-35-39-42-46-50-55-60-65-79(84)92-71-77(98-81(86)67-62-57-52-48-44-40-36-33-30-29-31-34-38-41-45-49-54-58-63-74(4)5)73-96-100(89,90)94-69-75(82)68-93-99(87,88)95-72-76(70-91-78(83)64-59-53-14-11-8-3)97-80(85)66-61-56-51-47-43-37-22-20-18-16-13-10-7-2/h74-77,82H,6-73H2,1-5H3,(H,87,88)(H,89,90)/t75-,76+,77+/m0/s1. The maximum absolute atomic E-state index is 13.1. The lowest BCUT2D eigenvalue weighted by Gasteiger charge is -2.21. The zero-order valence-electron chi connectivity index (χ0n) is 65.3. The van der Waals surface area contributed by atoms with E-state index in [0.29, 0.717) is 25.7 Å². The van der Waals surface area contributed by atoms with Crippen LogP contribution in [0.4, 0.5) is 0 Å². The molecule has 0 saturated carbocycles. The molecule has 0 bridgehead atoms. The van der Waals surface area contributed by atoms with Crippen LogP contribution < -0.4 is 0 Å². The molecule has 100 heavy (non-hydrogen) atoms. The van der Waals surface area contributed by atoms with E-state index in [1.165, 1.54) is 250 Å². The SMILES string of the molecule is CCCCCCCCCCCCCCCCCCCCCCCC(=O)OC[C@H](COP(=O)(O)OC[C@@H](O)COP(=O)(O)OC[C@@H](COC(=O)CCCCCCC)OC(=O)CCCCCCCCCCCCCCC)OC(=O)CCCCCCCCCCCCCCCCCCCCC(C)C. The summed E-state index contributed by atoms with van der Waals surface area (Å²) in [7, 11) is -9.91. The van der Waals surface area contributed by atoms with Crippen molar-refractivity contribution in [3.05, 3.63) is 0 Å². The number of esters is 4. The zero-order valence-corrected chi connectivity index (χ0v) is 67.1. The van der Waals surface area contributed by atoms with Crippen molar-refractivity contribution in [1.29, 1.82) is 0 Å². The monoisotopic (exact) mass is 1470 g/mol. The highest BCUT2D eigenvalue weighted by Gasteiger charge is 2.30. The fourth-order valence-electron chi connectivity index (χ4n) is 12.6. The Morgan fingerprint density at radius 1 is 0.270 bits per heavy atom. The quantitative estimate of drug-likeness (QED) is 0.0222. The molecular formula is C81H158O17P2. The predicted molar refractivity (Wildman–Crippen MR) is 409 cm³/mol. The summed E-state index contributed by atoms with van der Waals surface area (Å²) in [6.45, 7) is 7.27. The third-order valence-corrected chi connectivity index (χ3v) is 20.9. The molecule has 0 rings (SSSR count). The molecule has 0 spiro atoms. The van der Waals surface area contributed by atoms with Gasteiger partial charge in [0, 0.05) is 25.7 Å². The summed E-state index contributed by atoms with van der Waals surface area (Å²) >= 11 is 0. The van der Waals surface area contributed by atoms with E-state index in [0.717, 1.165) is 102 Å². The Bertz CT molecular complexity index is 1910. The van der Waals surface area contributed by atoms with Crippen LogP contribution in [-0.4, -0.2) is 96.7 Å². The molecule has 0 aliphatic carbocycles. The summed E-state index contributed by atoms with van der Waals surface area (Å²) in [5, 5.41) is 10.6. The normalized spacial score (nSPS) is 13.8. The fourth-order valence-corrected chi connectivity index (χ4v) is 14.2. The minimum Gasteiger partial charge on any atom is -0.462 e. The second-order valence-corrected chi connectivity index (χ2v) is 32.5. The van der Waals surface area contributed by atoms with Crippen molar-refractivity contribution < 1.29 is 80.2 Å². The minimum absolute atomic E-state index is 0.107. The predicted octanol–water partition coefficient (Wildman–Crippen LogP) is 24.4. The first-order valence-electron chi connectivity index (χ1n) is 42.1. The highest BCUT2D eigenvalue weighted by Crippen LogP contribution is 2.45. The van der Waals surface area contributed by atoms with E-state index in [4.69, 9.17) is 37.0 Å². The number of unbranched alkanes of at least 4 members (excludes halogenated alkanes) is 53. The molecule has 594 valence electrons. The summed E-state index contributed by atoms with van der Waals surface area (Å²) in [5.74, 6) is -1.30. The lowest BCUT2D eigenvalue weighted by Crippen LogP contribution is -2.30. The van der Waals surface area contributed by atoms with Crippen LogP contribution in [0.25, 0.3) is 0 Å². The van der Waals surface area contributed by atoms with Gasteiger partial charge in [0.15, 0.2) is 12.2 Å². The van der Waals surface area contributed by atoms with Gasteiger partial charge in [-0.25, -0.2) is 9.13 Å². The largest absolute Gasteiger partial charge is 0.472 e. The molecule has 5 atom stereocenters. The van der Waals surface area contributed by atoms with Crippen LogP contribution in [0, 0.1) is 5.92 Å². The Balaban J connectivity index is 5.10. The molecule has 2 unspecified atom stereocenters. The summed E-state index contributed by atoms with van der Waals surface area (Å²) < 4.78 is 68.4. The smallest absolute Gasteiger partial charge is 0.462 e. The van der Waals surface area contributed by atoms with Crippen molar-refractivity contribution in [1.82, 2.24) is 0 Å². The number of aliphatic hydroxyl groups is 1. The van der Waals surface area contributed by atoms with E-state index < -0.39 is 97.5 Å². The lowest BCUT2D eigenvalue weighted by molar-refractivity contribution is -0.161. The van der Waals surface area contributed by atoms with Gasteiger partial charge in [0.2, 0.25) is 0 Å². The Kier molecular flexibility index (Phi) is 72.5. The third-order valence-electron chi connectivity index (χ3n) is 19.0. The second kappa shape index (κ2) is 73.9. The number of rotatable bonds is 81. The average molecular weight is 1470 g/mol. The first-order valence-corrected chi connectivity index (χ1v) is 45.1. The molecule has 0 aromatic rings. The van der Waals surface area contributed by atoms with Crippen molar-refractivity contribution >= 4 is 39.5 Å². The molecule has 3 N–H and O–H groups in total. The van der Waals surface area contributed by atoms with Crippen molar-refractivity contribution in [2.45, 2.75) is 451 Å². The van der Waals surface area contributed by atoms with Crippen molar-refractivity contribution in [3.8, 4) is 0 Å². The van der Waals surface area contributed by atoms with E-state index in [1.807, 2.05) is 0 Å². The average Bonchev–Trinajstić information content (AvgIpc) is 1.56. The van der Waals surface area contributed by atoms with Gasteiger partial charge in [0.25, 0.3) is 0 Å². The number of aliphatic hydroxyl groups excluding tert-OH is 1. The number of carbonyl (C=O) groups is 4. The molecule has 0 aromatic heterocycles. The summed E-state index contributed by atoms with van der Waals surface area (Å²) in [4.78, 5) is 72.7. The van der Waals surface area contributed by atoms with Crippen LogP contribution >= 0.6 is 15.6 Å². The van der Waals surface area contributed by atoms with Gasteiger partial charge in [0.1, 0.15) is 19.3 Å². The van der Waals surface area contributed by atoms with Crippen molar-refractivity contribution in [2.75, 3.05) is 39.6 Å². The first-order chi connectivity index (χ1) is 48.5. The Labute approximate surface area is 613 Å². The van der Waals surface area contributed by atoms with Crippen LogP contribution in [-0.2, 0) is 65.4 Å². The van der Waals surface area contributed by atoms with Gasteiger partial charge in [-0.05, 0) is 31.6 Å². The highest BCUT2D eigenvalue weighted by atomic mass is 31.2. The third kappa shape index (κ3) is 74.3. The van der Waals surface area contributed by atoms with Crippen LogP contribution in [0.3, 0.4) is 0 Å². The molecule has 19 heteroatoms. The Hall–Kier alpha value is -1.94. The van der Waals surface area contributed by atoms with Crippen molar-refractivity contribution in [2.24, 2.45) is 5.92 Å². The number of hydrogen-bond donors (Lipinski definition) is 3. The number of hydrogen-bond acceptors (Lipinski definition) is 15. The van der Waals surface area contributed by atoms with Gasteiger partial charge in [-0.15, -0.1) is 0 Å². The van der Waals surface area contributed by atoms with Gasteiger partial charge >= 0.3 is 39.5 Å². The molecule has 0 fully saturated rings. The van der Waals surface area contributed by atoms with Gasteiger partial charge in [0.05, 0.1) is 26.4 Å². The van der Waals surface area contributed by atoms with Gasteiger partial charge < -0.3 is 33.8 Å². The highest BCUT2D eigenvalue weighted by molar-refractivity contribution is 7.47. The lowest BCUT2D eigenvalue weighted by atomic mass is 10.0. The zero-order chi connectivity index (χ0) is 73.4. The summed E-state index contributed by atoms with van der Waals surface area (Å²) in [5.41, 5.74) is 0. The number of ether oxygens (including phenoxy) is 4. The number of carbonyl (C=O) groups excluding carboxylic acids is 4. The molecule has 0 heterocycles. The van der Waals surface area contributed by atoms with Gasteiger partial charge in [-0.2, -0.15) is 0 Å². The van der Waals surface area contributed by atoms with Crippen LogP contribution in [0.1, 0.15) is 433 Å². The first kappa shape index (κ1) is 98.1. The van der Waals surface area contributed by atoms with Gasteiger partial charge in [-0.3, -0.25) is 37.3 Å². The molecule has 0 aliphatic heterocycles. The van der Waals surface area contributed by atoms with Crippen molar-refractivity contribution in [3.63, 3.8) is 0 Å². The van der Waals surface area contributed by atoms with E-state index >= 15 is 0 Å². The second-order valence-electron chi connectivity index (χ2n) is 29.6. The Morgan fingerprint density at radius 3 is 0.680 bits per heavy atom. The summed E-state index contributed by atoms with van der Waals surface area (Å²) in [6.07, 6.45) is 65.8. The Morgan fingerprint density at radius 2 is 0.460 bits per heavy atom. The van der Waals surface area contributed by atoms with Crippen LogP contribution in [0.2, 0.25) is 0 Å². The van der Waals surface area contributed by atoms with Gasteiger partial charge in [-0.1, -0.05) is 381 Å². The maximum atomic E-state index is 13.1. The van der Waals surface area contributed by atoms with E-state index in [1.54, 1.807) is 0 Å². The maximum Gasteiger partial charge on any atom is 0.472 e. The van der Waals surface area contributed by atoms with Crippen LogP contribution in [0.15, 0.2) is 0 Å². The number of phosphoric ester groups is 2. The van der Waals surface area contributed by atoms with Crippen LogP contribution in [0.5, 0.6) is 0 Å². The van der Waals surface area contributed by atoms with E-state index in [2.05, 4.69) is 34.6 Å². The minimum atomic E-state index is -4.96. The topological polar surface area (TPSA) is 237 Å². The summed E-state index contributed by atoms with van der Waals surface area (Å²) in [6, 6.07) is 0. The molecule has 17 nitrogen and oxygen atoms in total. The van der Waals surface area contributed by atoms with E-state index in [9.17, 15) is 43.2 Å². The fraction of sp³-hybridized carbons (Fsp3) is 0.951. The molecule has 0 aliphatic rings. The molecule has 0 aromatic carbocycles. The van der Waals surface area contributed by atoms with E-state index in [-0.39, 0.29) is 25.7 Å². The number of phosphoric acid groups is 2. The molecule has 0 radical (unpaired) electrons. The molecule has 0 amide bonds.